The number of nitrogens with one attached hydrogen (secondary N) is 2. The number of hydrogen-bond acceptors (Lipinski definition) is 4. The molecular formula is C19H29IN4OS. The number of halogens is 1. The Labute approximate surface area is 177 Å². The first-order valence-electron chi connectivity index (χ1n) is 8.75. The van der Waals surface area contributed by atoms with Crippen molar-refractivity contribution in [3.05, 3.63) is 45.4 Å². The van der Waals surface area contributed by atoms with E-state index < -0.39 is 0 Å². The number of hydrogen-bond donors (Lipinski definition) is 2. The molecular weight excluding hydrogens is 459 g/mol. The number of guanidine groups is 1. The fourth-order valence-electron chi connectivity index (χ4n) is 2.43. The number of benzene rings is 1. The van der Waals surface area contributed by atoms with Crippen molar-refractivity contribution in [1.29, 1.82) is 0 Å². The summed E-state index contributed by atoms with van der Waals surface area (Å²) in [5, 5.41) is 9.92. The Morgan fingerprint density at radius 2 is 2.08 bits per heavy atom. The molecule has 0 atom stereocenters. The Morgan fingerprint density at radius 1 is 1.27 bits per heavy atom. The van der Waals surface area contributed by atoms with Gasteiger partial charge in [0.25, 0.3) is 0 Å². The molecule has 0 aliphatic rings. The molecule has 26 heavy (non-hydrogen) atoms. The lowest BCUT2D eigenvalue weighted by atomic mass is 10.1. The first kappa shape index (κ1) is 22.7. The zero-order valence-electron chi connectivity index (χ0n) is 16.0. The lowest BCUT2D eigenvalue weighted by molar-refractivity contribution is 0.411. The molecule has 144 valence electrons. The predicted octanol–water partition coefficient (Wildman–Crippen LogP) is 3.94. The molecule has 0 saturated heterocycles. The first-order valence-corrected chi connectivity index (χ1v) is 9.63. The fraction of sp³-hybridized carbons (Fsp3) is 0.474. The summed E-state index contributed by atoms with van der Waals surface area (Å²) in [5.74, 6) is 1.76. The van der Waals surface area contributed by atoms with Gasteiger partial charge in [0, 0.05) is 18.5 Å². The summed E-state index contributed by atoms with van der Waals surface area (Å²) in [7, 11) is 1.71. The number of rotatable bonds is 8. The van der Waals surface area contributed by atoms with Gasteiger partial charge >= 0.3 is 0 Å². The monoisotopic (exact) mass is 488 g/mol. The minimum atomic E-state index is 0. The van der Waals surface area contributed by atoms with Gasteiger partial charge in [0.2, 0.25) is 0 Å². The average molecular weight is 488 g/mol. The Bertz CT molecular complexity index is 703. The van der Waals surface area contributed by atoms with Crippen LogP contribution in [0.4, 0.5) is 0 Å². The van der Waals surface area contributed by atoms with Crippen molar-refractivity contribution in [3.63, 3.8) is 0 Å². The van der Waals surface area contributed by atoms with Gasteiger partial charge < -0.3 is 15.4 Å². The maximum atomic E-state index is 5.39. The molecule has 5 nitrogen and oxygen atoms in total. The van der Waals surface area contributed by atoms with Crippen LogP contribution in [0.2, 0.25) is 0 Å². The summed E-state index contributed by atoms with van der Waals surface area (Å²) in [4.78, 5) is 9.18. The highest BCUT2D eigenvalue weighted by Gasteiger charge is 2.03. The molecule has 0 spiro atoms. The van der Waals surface area contributed by atoms with E-state index in [1.807, 2.05) is 0 Å². The van der Waals surface area contributed by atoms with Gasteiger partial charge in [0.15, 0.2) is 5.96 Å². The third kappa shape index (κ3) is 7.11. The normalized spacial score (nSPS) is 11.0. The van der Waals surface area contributed by atoms with Crippen molar-refractivity contribution < 1.29 is 4.74 Å². The molecule has 0 aliphatic carbocycles. The van der Waals surface area contributed by atoms with Gasteiger partial charge in [-0.2, -0.15) is 0 Å². The van der Waals surface area contributed by atoms with Gasteiger partial charge in [-0.15, -0.1) is 35.3 Å². The predicted molar refractivity (Wildman–Crippen MR) is 121 cm³/mol. The lowest BCUT2D eigenvalue weighted by Crippen LogP contribution is -2.38. The van der Waals surface area contributed by atoms with Crippen LogP contribution in [-0.4, -0.2) is 31.1 Å². The van der Waals surface area contributed by atoms with Gasteiger partial charge in [0.1, 0.15) is 5.75 Å². The fourth-order valence-corrected chi connectivity index (χ4v) is 3.17. The van der Waals surface area contributed by atoms with E-state index in [4.69, 9.17) is 4.74 Å². The van der Waals surface area contributed by atoms with Crippen LogP contribution in [0.25, 0.3) is 0 Å². The second-order valence-electron chi connectivity index (χ2n) is 5.76. The highest BCUT2D eigenvalue weighted by molar-refractivity contribution is 14.0. The third-order valence-corrected chi connectivity index (χ3v) is 4.87. The minimum absolute atomic E-state index is 0. The lowest BCUT2D eigenvalue weighted by Gasteiger charge is -2.12. The van der Waals surface area contributed by atoms with Gasteiger partial charge in [0.05, 0.1) is 24.4 Å². The van der Waals surface area contributed by atoms with Crippen LogP contribution in [0, 0.1) is 6.92 Å². The Hall–Kier alpha value is -1.35. The van der Waals surface area contributed by atoms with Crippen molar-refractivity contribution >= 4 is 41.3 Å². The summed E-state index contributed by atoms with van der Waals surface area (Å²) in [5.41, 5.74) is 3.43. The number of aryl methyl sites for hydroxylation is 2. The molecule has 0 saturated carbocycles. The van der Waals surface area contributed by atoms with Crippen LogP contribution in [0.15, 0.2) is 28.6 Å². The molecule has 1 aromatic carbocycles. The molecule has 0 unspecified atom stereocenters. The van der Waals surface area contributed by atoms with Crippen LogP contribution >= 0.6 is 35.3 Å². The van der Waals surface area contributed by atoms with Crippen LogP contribution < -0.4 is 15.4 Å². The topological polar surface area (TPSA) is 58.5 Å². The second kappa shape index (κ2) is 12.1. The van der Waals surface area contributed by atoms with Gasteiger partial charge in [-0.1, -0.05) is 19.1 Å². The molecule has 2 N–H and O–H groups in total. The molecule has 7 heteroatoms. The Balaban J connectivity index is 0.00000338. The van der Waals surface area contributed by atoms with Crippen molar-refractivity contribution in [3.8, 4) is 5.75 Å². The van der Waals surface area contributed by atoms with Crippen LogP contribution in [0.3, 0.4) is 0 Å². The van der Waals surface area contributed by atoms with E-state index in [0.717, 1.165) is 53.9 Å². The van der Waals surface area contributed by atoms with Crippen LogP contribution in [0.1, 0.15) is 35.7 Å². The highest BCUT2D eigenvalue weighted by atomic mass is 127. The van der Waals surface area contributed by atoms with E-state index >= 15 is 0 Å². The highest BCUT2D eigenvalue weighted by Crippen LogP contribution is 2.19. The van der Waals surface area contributed by atoms with E-state index in [2.05, 4.69) is 65.0 Å². The summed E-state index contributed by atoms with van der Waals surface area (Å²) in [6, 6.07) is 6.34. The molecule has 0 aliphatic heterocycles. The Kier molecular flexibility index (Phi) is 10.6. The van der Waals surface area contributed by atoms with Gasteiger partial charge in [-0.3, -0.25) is 0 Å². The summed E-state index contributed by atoms with van der Waals surface area (Å²) < 4.78 is 5.39. The number of ether oxygens (including phenoxy) is 1. The van der Waals surface area contributed by atoms with E-state index in [1.54, 1.807) is 18.4 Å². The maximum Gasteiger partial charge on any atom is 0.191 e. The molecule has 1 heterocycles. The third-order valence-electron chi connectivity index (χ3n) is 3.82. The van der Waals surface area contributed by atoms with E-state index in [9.17, 15) is 0 Å². The summed E-state index contributed by atoms with van der Waals surface area (Å²) >= 11 is 1.70. The molecule has 0 amide bonds. The molecule has 2 aromatic rings. The molecule has 0 radical (unpaired) electrons. The van der Waals surface area contributed by atoms with Gasteiger partial charge in [-0.05, 0) is 43.9 Å². The average Bonchev–Trinajstić information content (AvgIpc) is 3.09. The van der Waals surface area contributed by atoms with Crippen molar-refractivity contribution in [2.75, 3.05) is 20.2 Å². The first-order chi connectivity index (χ1) is 12.2. The zero-order chi connectivity index (χ0) is 18.1. The quantitative estimate of drug-likeness (QED) is 0.336. The van der Waals surface area contributed by atoms with E-state index in [0.29, 0.717) is 6.54 Å². The number of thiazole rings is 1. The SMILES string of the molecule is CCNC(=NCc1csc(CC)n1)NCCc1ccc(C)c(OC)c1.I. The smallest absolute Gasteiger partial charge is 0.191 e. The molecule has 0 bridgehead atoms. The Morgan fingerprint density at radius 3 is 2.73 bits per heavy atom. The van der Waals surface area contributed by atoms with Gasteiger partial charge in [-0.25, -0.2) is 9.98 Å². The molecule has 2 rings (SSSR count). The van der Waals surface area contributed by atoms with Crippen LogP contribution in [0.5, 0.6) is 5.75 Å². The number of methoxy groups -OCH3 is 1. The van der Waals surface area contributed by atoms with Crippen molar-refractivity contribution in [2.24, 2.45) is 4.99 Å². The number of aromatic nitrogens is 1. The summed E-state index contributed by atoms with van der Waals surface area (Å²) in [6.07, 6.45) is 1.89. The molecule has 0 fully saturated rings. The maximum absolute atomic E-state index is 5.39. The van der Waals surface area contributed by atoms with Crippen molar-refractivity contribution in [1.82, 2.24) is 15.6 Å². The van der Waals surface area contributed by atoms with E-state index in [1.165, 1.54) is 5.56 Å². The summed E-state index contributed by atoms with van der Waals surface area (Å²) in [6.45, 7) is 8.50. The van der Waals surface area contributed by atoms with Crippen LogP contribution in [-0.2, 0) is 19.4 Å². The number of aliphatic imine (C=N–C) groups is 1. The number of nitrogens with zero attached hydrogens (tertiary/aromatic N) is 2. The van der Waals surface area contributed by atoms with E-state index in [-0.39, 0.29) is 24.0 Å². The van der Waals surface area contributed by atoms with Crippen molar-refractivity contribution in [2.45, 2.75) is 40.2 Å². The zero-order valence-corrected chi connectivity index (χ0v) is 19.1. The molecule has 1 aromatic heterocycles. The minimum Gasteiger partial charge on any atom is -0.496 e. The largest absolute Gasteiger partial charge is 0.496 e. The standard InChI is InChI=1S/C19H28N4OS.HI/c1-5-18-23-16(13-25-18)12-22-19(20-6-2)21-10-9-15-8-7-14(3)17(11-15)24-4;/h7-8,11,13H,5-6,9-10,12H2,1-4H3,(H2,20,21,22);1H. The second-order valence-corrected chi connectivity index (χ2v) is 6.70.